The standard InChI is InChI=1S/C44H50N9O17P3S/c1-3-51-13-5-7-23-15-28-32(18-30(23)51)66-33-19-31-24(8-6-14-52(31)4-2)16-29(33)35(28)26-10-9-25(17-27(26)43(56)57)41(55)46-11-12-47-44(58)68-38-34(20-65-71(59,60)69-72(61,62)70-73(63,64)74)67-42(37(38)54)53-22-50-36-39(45)48-21-49-40(36)53/h9-10,15-19,21-22,34,37-38,42,54H,3-8,11-14,20H2,1-2H3,(H8-,45,46,47,48,49,55,56,57,58,59,60,61,62,63,64,74)/p+1/t34-,37-,38-,42-/m1/s1. The van der Waals surface area contributed by atoms with Crippen LogP contribution in [0.25, 0.3) is 16.7 Å². The Bertz CT molecular complexity index is 3380. The number of aliphatic hydroxyl groups is 1. The third-order valence-electron chi connectivity index (χ3n) is 12.8. The fraction of sp³-hybridized carbons (Fsp3) is 0.386. The average molecular weight is 1100 g/mol. The number of alkyl carbamates (subject to hydrolysis) is 1. The number of carboxylic acid groups (broad SMARTS) is 1. The molecule has 4 aliphatic heterocycles. The molecule has 0 saturated carbocycles. The third kappa shape index (κ3) is 11.1. The van der Waals surface area contributed by atoms with E-state index in [0.29, 0.717) is 22.6 Å². The van der Waals surface area contributed by atoms with Crippen LogP contribution in [-0.2, 0) is 56.4 Å². The number of hydrogen-bond acceptors (Lipinski definition) is 18. The van der Waals surface area contributed by atoms with Crippen molar-refractivity contribution in [3.8, 4) is 11.5 Å². The number of aryl methyl sites for hydroxylation is 2. The lowest BCUT2D eigenvalue weighted by molar-refractivity contribution is -0.0508. The van der Waals surface area contributed by atoms with E-state index in [1.807, 2.05) is 12.1 Å². The second kappa shape index (κ2) is 21.1. The summed E-state index contributed by atoms with van der Waals surface area (Å²) < 4.78 is 59.0. The van der Waals surface area contributed by atoms with Crippen LogP contribution in [0.3, 0.4) is 0 Å². The van der Waals surface area contributed by atoms with Crippen LogP contribution in [0.15, 0.2) is 55.1 Å². The minimum Gasteiger partial charge on any atom is -0.478 e. The lowest BCUT2D eigenvalue weighted by atomic mass is 9.86. The van der Waals surface area contributed by atoms with Crippen molar-refractivity contribution in [3.05, 3.63) is 99.1 Å². The van der Waals surface area contributed by atoms with Gasteiger partial charge in [-0.15, -0.1) is 0 Å². The Morgan fingerprint density at radius 1 is 0.932 bits per heavy atom. The van der Waals surface area contributed by atoms with Gasteiger partial charge in [0.15, 0.2) is 23.8 Å². The number of imidazole rings is 1. The number of benzene rings is 3. The SMILES string of the molecule is CCN1CCCc2cc3c(cc21)Oc1cc2c(cc1=C3c1ccc(C(=O)NCCNC(=O)O[C@H]3[C@@H](O)[C@H](n4cnc5c(N)ncnc54)O[C@@H]3COP(=O)(O)OP(=O)(O)OP(O)(O)=S)cc1C(=O)O)CCC[N+]=2CC. The first kappa shape index (κ1) is 53.1. The number of anilines is 2. The fourth-order valence-electron chi connectivity index (χ4n) is 9.59. The highest BCUT2D eigenvalue weighted by Crippen LogP contribution is 2.66. The largest absolute Gasteiger partial charge is 0.488 e. The van der Waals surface area contributed by atoms with Crippen LogP contribution in [0.1, 0.15) is 75.9 Å². The first-order valence-corrected chi connectivity index (χ1v) is 28.8. The Balaban J connectivity index is 0.917. The van der Waals surface area contributed by atoms with Gasteiger partial charge in [-0.25, -0.2) is 42.6 Å². The van der Waals surface area contributed by atoms with Gasteiger partial charge in [0.25, 0.3) is 5.91 Å². The number of carboxylic acids is 1. The number of nitrogens with one attached hydrogen (secondary N) is 2. The van der Waals surface area contributed by atoms with Crippen molar-refractivity contribution < 1.29 is 80.7 Å². The molecule has 3 aromatic carbocycles. The van der Waals surface area contributed by atoms with E-state index >= 15 is 0 Å². The number of fused-ring (bicyclic) bond motifs is 5. The number of rotatable bonds is 17. The number of amides is 2. The van der Waals surface area contributed by atoms with Crippen molar-refractivity contribution in [3.63, 3.8) is 0 Å². The van der Waals surface area contributed by atoms with Gasteiger partial charge in [-0.3, -0.25) is 13.9 Å². The van der Waals surface area contributed by atoms with E-state index in [2.05, 4.69) is 81.5 Å². The fourth-order valence-corrected chi connectivity index (χ4v) is 13.4. The smallest absolute Gasteiger partial charge is 0.478 e. The summed E-state index contributed by atoms with van der Waals surface area (Å²) in [6, 6.07) is 12.7. The highest BCUT2D eigenvalue weighted by molar-refractivity contribution is 8.08. The van der Waals surface area contributed by atoms with Gasteiger partial charge in [0.1, 0.15) is 48.6 Å². The average Bonchev–Trinajstić information content (AvgIpc) is 3.91. The van der Waals surface area contributed by atoms with E-state index in [4.69, 9.17) is 24.5 Å². The minimum absolute atomic E-state index is 0.0150. The van der Waals surface area contributed by atoms with E-state index in [9.17, 15) is 53.3 Å². The molecule has 0 spiro atoms. The molecule has 30 heteroatoms. The van der Waals surface area contributed by atoms with Crippen molar-refractivity contribution in [2.24, 2.45) is 0 Å². The maximum Gasteiger partial charge on any atom is 0.488 e. The summed E-state index contributed by atoms with van der Waals surface area (Å²) in [6.45, 7) is 1.21. The van der Waals surface area contributed by atoms with E-state index < -0.39 is 71.5 Å². The summed E-state index contributed by atoms with van der Waals surface area (Å²) in [5, 5.41) is 29.0. The molecule has 0 bridgehead atoms. The molecule has 74 heavy (non-hydrogen) atoms. The summed E-state index contributed by atoms with van der Waals surface area (Å²) in [6.07, 6.45) is -1.94. The molecular formula is C44H51N9O17P3S+. The predicted molar refractivity (Wildman–Crippen MR) is 265 cm³/mol. The van der Waals surface area contributed by atoms with E-state index in [1.54, 1.807) is 6.07 Å². The maximum absolute atomic E-state index is 13.6. The lowest BCUT2D eigenvalue weighted by Gasteiger charge is -2.32. The number of carbonyl (C=O) groups excluding carboxylic acids is 2. The van der Waals surface area contributed by atoms with E-state index in [-0.39, 0.29) is 41.2 Å². The first-order valence-electron chi connectivity index (χ1n) is 23.2. The molecule has 0 aliphatic carbocycles. The summed E-state index contributed by atoms with van der Waals surface area (Å²) in [4.78, 5) is 92.8. The van der Waals surface area contributed by atoms with Gasteiger partial charge in [0, 0.05) is 71.8 Å². The molecule has 2 amide bonds. The Morgan fingerprint density at radius 3 is 2.45 bits per heavy atom. The van der Waals surface area contributed by atoms with Crippen molar-refractivity contribution in [2.45, 2.75) is 64.1 Å². The number of aliphatic hydroxyl groups excluding tert-OH is 1. The van der Waals surface area contributed by atoms with Gasteiger partial charge in [-0.2, -0.15) is 4.31 Å². The number of hydrogen-bond donors (Lipinski definition) is 9. The number of nitrogens with zero attached hydrogens (tertiary/aromatic N) is 6. The molecule has 394 valence electrons. The number of aromatic nitrogens is 4. The molecule has 5 aromatic rings. The van der Waals surface area contributed by atoms with Crippen molar-refractivity contribution in [1.29, 1.82) is 0 Å². The zero-order chi connectivity index (χ0) is 52.9. The quantitative estimate of drug-likeness (QED) is 0.0358. The molecule has 0 radical (unpaired) electrons. The maximum atomic E-state index is 13.6. The number of nitrogens with two attached hydrogens (primary N) is 1. The Hall–Kier alpha value is -5.76. The Labute approximate surface area is 425 Å². The summed E-state index contributed by atoms with van der Waals surface area (Å²) >= 11 is 4.11. The van der Waals surface area contributed by atoms with Crippen LogP contribution in [0, 0.1) is 0 Å². The van der Waals surface area contributed by atoms with E-state index in [1.165, 1.54) is 23.0 Å². The summed E-state index contributed by atoms with van der Waals surface area (Å²) in [5.41, 5.74) is 11.1. The molecule has 1 saturated heterocycles. The van der Waals surface area contributed by atoms with Gasteiger partial charge in [0.2, 0.25) is 5.36 Å². The molecule has 2 unspecified atom stereocenters. The van der Waals surface area contributed by atoms with Gasteiger partial charge in [-0.05, 0) is 80.3 Å². The number of aromatic carboxylic acids is 1. The van der Waals surface area contributed by atoms with Gasteiger partial charge in [-0.1, -0.05) is 6.07 Å². The first-order chi connectivity index (χ1) is 35.1. The van der Waals surface area contributed by atoms with Crippen LogP contribution >= 0.6 is 22.4 Å². The number of phosphoric ester groups is 1. The minimum atomic E-state index is -5.70. The van der Waals surface area contributed by atoms with Crippen LogP contribution < -0.4 is 41.2 Å². The third-order valence-corrected chi connectivity index (χ3v) is 17.2. The second-order valence-electron chi connectivity index (χ2n) is 17.4. The highest BCUT2D eigenvalue weighted by atomic mass is 32.5. The monoisotopic (exact) mass is 1100 g/mol. The Kier molecular flexibility index (Phi) is 15.1. The summed E-state index contributed by atoms with van der Waals surface area (Å²) in [5.74, 6) is -0.764. The molecule has 2 aromatic heterocycles. The topological polar surface area (TPSA) is 362 Å². The molecule has 6 atom stereocenters. The van der Waals surface area contributed by atoms with Crippen molar-refractivity contribution >= 4 is 80.4 Å². The zero-order valence-electron chi connectivity index (χ0n) is 39.5. The highest BCUT2D eigenvalue weighted by Gasteiger charge is 2.50. The van der Waals surface area contributed by atoms with Gasteiger partial charge in [0.05, 0.1) is 24.6 Å². The van der Waals surface area contributed by atoms with Crippen LogP contribution in [0.2, 0.25) is 0 Å². The van der Waals surface area contributed by atoms with Crippen molar-refractivity contribution in [2.75, 3.05) is 56.5 Å². The number of ether oxygens (including phenoxy) is 3. The zero-order valence-corrected chi connectivity index (χ0v) is 43.0. The Morgan fingerprint density at radius 2 is 1.70 bits per heavy atom. The second-order valence-corrected chi connectivity index (χ2v) is 23.3. The molecule has 10 N–H and O–H groups in total. The molecule has 26 nitrogen and oxygen atoms in total. The normalized spacial score (nSPS) is 20.8. The van der Waals surface area contributed by atoms with E-state index in [0.717, 1.165) is 91.1 Å². The number of nitrogen functional groups attached to an aromatic ring is 1. The molecule has 9 rings (SSSR count). The van der Waals surface area contributed by atoms with Gasteiger partial charge < -0.3 is 65.3 Å². The summed E-state index contributed by atoms with van der Waals surface area (Å²) in [7, 11) is -11.3. The van der Waals surface area contributed by atoms with Crippen LogP contribution in [0.5, 0.6) is 11.5 Å². The lowest BCUT2D eigenvalue weighted by Crippen LogP contribution is -2.42. The molecule has 1 fully saturated rings. The predicted octanol–water partition coefficient (Wildman–Crippen LogP) is 1.93. The number of carbonyl (C=O) groups is 3. The molecule has 6 heterocycles. The molecular weight excluding hydrogens is 1050 g/mol. The molecule has 4 aliphatic rings. The van der Waals surface area contributed by atoms with Crippen LogP contribution in [-0.4, -0.2) is 131 Å². The van der Waals surface area contributed by atoms with Crippen molar-refractivity contribution in [1.82, 2.24) is 34.7 Å². The number of phosphoric acid groups is 2. The van der Waals surface area contributed by atoms with Crippen LogP contribution in [0.4, 0.5) is 16.3 Å². The van der Waals surface area contributed by atoms with Gasteiger partial charge >= 0.3 is 34.4 Å².